The maximum atomic E-state index is 10.3. The van der Waals surface area contributed by atoms with Crippen LogP contribution in [-0.4, -0.2) is 31.6 Å². The molecule has 5 N–H and O–H groups in total. The molecule has 6 nitrogen and oxygen atoms in total. The van der Waals surface area contributed by atoms with Crippen molar-refractivity contribution < 1.29 is 30.3 Å². The van der Waals surface area contributed by atoms with Crippen LogP contribution in [0.2, 0.25) is 0 Å². The SMILES string of the molecule is Oc1cc(O)c2c(c1)O[C@](Cl)(c1ccc(O)c(O)c1)[C@@H](O)C2. The lowest BCUT2D eigenvalue weighted by molar-refractivity contribution is -0.0127. The van der Waals surface area contributed by atoms with Gasteiger partial charge in [-0.15, -0.1) is 0 Å². The second-order valence-electron chi connectivity index (χ2n) is 5.11. The molecule has 0 unspecified atom stereocenters. The summed E-state index contributed by atoms with van der Waals surface area (Å²) in [4.78, 5) is 0. The summed E-state index contributed by atoms with van der Waals surface area (Å²) in [5.74, 6) is -1.02. The van der Waals surface area contributed by atoms with Gasteiger partial charge in [-0.25, -0.2) is 0 Å². The summed E-state index contributed by atoms with van der Waals surface area (Å²) < 4.78 is 5.58. The second-order valence-corrected chi connectivity index (χ2v) is 5.67. The number of phenols is 4. The van der Waals surface area contributed by atoms with Gasteiger partial charge in [0.15, 0.2) is 11.5 Å². The first kappa shape index (κ1) is 14.6. The van der Waals surface area contributed by atoms with Crippen molar-refractivity contribution in [3.05, 3.63) is 41.5 Å². The van der Waals surface area contributed by atoms with E-state index in [9.17, 15) is 25.5 Å². The average molecular weight is 325 g/mol. The molecule has 0 saturated carbocycles. The summed E-state index contributed by atoms with van der Waals surface area (Å²) in [6, 6.07) is 6.22. The van der Waals surface area contributed by atoms with Crippen LogP contribution in [0.3, 0.4) is 0 Å². The molecule has 1 aliphatic heterocycles. The van der Waals surface area contributed by atoms with Crippen LogP contribution < -0.4 is 4.74 Å². The molecule has 3 rings (SSSR count). The third-order valence-corrected chi connectivity index (χ3v) is 4.17. The molecule has 0 bridgehead atoms. The number of aliphatic hydroxyl groups excluding tert-OH is 1. The summed E-state index contributed by atoms with van der Waals surface area (Å²) in [7, 11) is 0. The van der Waals surface area contributed by atoms with Crippen molar-refractivity contribution in [3.8, 4) is 28.7 Å². The fourth-order valence-electron chi connectivity index (χ4n) is 2.45. The van der Waals surface area contributed by atoms with Gasteiger partial charge in [-0.1, -0.05) is 11.6 Å². The van der Waals surface area contributed by atoms with E-state index in [1.807, 2.05) is 0 Å². The van der Waals surface area contributed by atoms with E-state index in [2.05, 4.69) is 0 Å². The Morgan fingerprint density at radius 1 is 1.00 bits per heavy atom. The van der Waals surface area contributed by atoms with Gasteiger partial charge in [-0.3, -0.25) is 0 Å². The molecule has 0 spiro atoms. The van der Waals surface area contributed by atoms with Gasteiger partial charge in [0.1, 0.15) is 23.4 Å². The fourth-order valence-corrected chi connectivity index (χ4v) is 2.73. The topological polar surface area (TPSA) is 110 Å². The van der Waals surface area contributed by atoms with E-state index in [1.165, 1.54) is 24.3 Å². The lowest BCUT2D eigenvalue weighted by Crippen LogP contribution is -2.44. The average Bonchev–Trinajstić information content (AvgIpc) is 2.44. The van der Waals surface area contributed by atoms with Crippen molar-refractivity contribution in [2.45, 2.75) is 17.6 Å². The highest BCUT2D eigenvalue weighted by Gasteiger charge is 2.45. The van der Waals surface area contributed by atoms with E-state index < -0.39 is 16.9 Å². The Morgan fingerprint density at radius 3 is 2.41 bits per heavy atom. The molecule has 0 fully saturated rings. The predicted molar refractivity (Wildman–Crippen MR) is 77.4 cm³/mol. The molecule has 0 aliphatic carbocycles. The van der Waals surface area contributed by atoms with Crippen LogP contribution in [0.5, 0.6) is 28.7 Å². The molecule has 116 valence electrons. The Kier molecular flexibility index (Phi) is 3.23. The molecule has 0 amide bonds. The Bertz CT molecular complexity index is 747. The molecule has 2 atom stereocenters. The van der Waals surface area contributed by atoms with Gasteiger partial charge < -0.3 is 30.3 Å². The molecular formula is C15H13ClO6. The molecule has 1 aliphatic rings. The minimum absolute atomic E-state index is 0.00736. The summed E-state index contributed by atoms with van der Waals surface area (Å²) >= 11 is 6.38. The van der Waals surface area contributed by atoms with Crippen LogP contribution >= 0.6 is 11.6 Å². The fraction of sp³-hybridized carbons (Fsp3) is 0.200. The number of aromatic hydroxyl groups is 4. The lowest BCUT2D eigenvalue weighted by atomic mass is 9.93. The summed E-state index contributed by atoms with van der Waals surface area (Å²) in [5, 5.41) is 46.9. The van der Waals surface area contributed by atoms with Crippen molar-refractivity contribution in [3.63, 3.8) is 0 Å². The van der Waals surface area contributed by atoms with E-state index >= 15 is 0 Å². The molecule has 22 heavy (non-hydrogen) atoms. The lowest BCUT2D eigenvalue weighted by Gasteiger charge is -2.38. The third-order valence-electron chi connectivity index (χ3n) is 3.62. The summed E-state index contributed by atoms with van der Waals surface area (Å²) in [6.45, 7) is 0. The van der Waals surface area contributed by atoms with Crippen LogP contribution in [0.4, 0.5) is 0 Å². The van der Waals surface area contributed by atoms with Crippen LogP contribution in [0.15, 0.2) is 30.3 Å². The normalized spacial score (nSPS) is 23.6. The zero-order valence-electron chi connectivity index (χ0n) is 11.2. The quantitative estimate of drug-likeness (QED) is 0.405. The number of fused-ring (bicyclic) bond motifs is 1. The van der Waals surface area contributed by atoms with Gasteiger partial charge in [0.25, 0.3) is 0 Å². The van der Waals surface area contributed by atoms with E-state index in [1.54, 1.807) is 0 Å². The Morgan fingerprint density at radius 2 is 1.73 bits per heavy atom. The number of hydrogen-bond acceptors (Lipinski definition) is 6. The van der Waals surface area contributed by atoms with E-state index in [0.717, 1.165) is 6.07 Å². The molecule has 1 heterocycles. The van der Waals surface area contributed by atoms with Gasteiger partial charge in [0.2, 0.25) is 5.06 Å². The third kappa shape index (κ3) is 2.17. The number of phenolic OH excluding ortho intramolecular Hbond substituents is 4. The first-order valence-electron chi connectivity index (χ1n) is 6.44. The molecule has 0 saturated heterocycles. The summed E-state index contributed by atoms with van der Waals surface area (Å²) in [5.41, 5.74) is 0.551. The molecule has 0 radical (unpaired) electrons. The van der Waals surface area contributed by atoms with Crippen LogP contribution in [0, 0.1) is 0 Å². The largest absolute Gasteiger partial charge is 0.508 e. The second kappa shape index (κ2) is 4.86. The highest BCUT2D eigenvalue weighted by atomic mass is 35.5. The highest BCUT2D eigenvalue weighted by Crippen LogP contribution is 2.47. The van der Waals surface area contributed by atoms with Gasteiger partial charge in [-0.2, -0.15) is 0 Å². The number of rotatable bonds is 1. The molecule has 2 aromatic rings. The Hall–Kier alpha value is -2.31. The first-order valence-corrected chi connectivity index (χ1v) is 6.82. The summed E-state index contributed by atoms with van der Waals surface area (Å²) in [6.07, 6.45) is -1.23. The number of halogens is 1. The van der Waals surface area contributed by atoms with Crippen LogP contribution in [0.25, 0.3) is 0 Å². The van der Waals surface area contributed by atoms with E-state index in [0.29, 0.717) is 5.56 Å². The van der Waals surface area contributed by atoms with Crippen molar-refractivity contribution in [2.75, 3.05) is 0 Å². The van der Waals surface area contributed by atoms with Crippen LogP contribution in [-0.2, 0) is 11.5 Å². The monoisotopic (exact) mass is 324 g/mol. The zero-order valence-corrected chi connectivity index (χ0v) is 11.9. The number of benzene rings is 2. The Labute approximate surface area is 130 Å². The number of aliphatic hydroxyl groups is 1. The molecule has 7 heteroatoms. The molecule has 0 aromatic heterocycles. The minimum Gasteiger partial charge on any atom is -0.508 e. The van der Waals surface area contributed by atoms with Gasteiger partial charge >= 0.3 is 0 Å². The van der Waals surface area contributed by atoms with Crippen LogP contribution in [0.1, 0.15) is 11.1 Å². The minimum atomic E-state index is -1.72. The number of alkyl halides is 1. The molecule has 2 aromatic carbocycles. The first-order chi connectivity index (χ1) is 10.3. The van der Waals surface area contributed by atoms with E-state index in [-0.39, 0.29) is 35.0 Å². The Balaban J connectivity index is 2.09. The zero-order chi connectivity index (χ0) is 16.1. The highest BCUT2D eigenvalue weighted by molar-refractivity contribution is 6.23. The maximum absolute atomic E-state index is 10.3. The van der Waals surface area contributed by atoms with Crippen molar-refractivity contribution in [1.29, 1.82) is 0 Å². The van der Waals surface area contributed by atoms with Crippen molar-refractivity contribution in [2.24, 2.45) is 0 Å². The standard InChI is InChI=1S/C15H13ClO6/c16-15(7-1-2-10(18)12(20)3-7)14(21)6-9-11(19)4-8(17)5-13(9)22-15/h1-5,14,17-21H,6H2/t14-,15+/m0/s1. The van der Waals surface area contributed by atoms with Gasteiger partial charge in [-0.05, 0) is 18.2 Å². The van der Waals surface area contributed by atoms with E-state index in [4.69, 9.17) is 16.3 Å². The van der Waals surface area contributed by atoms with Crippen molar-refractivity contribution in [1.82, 2.24) is 0 Å². The van der Waals surface area contributed by atoms with Crippen molar-refractivity contribution >= 4 is 11.6 Å². The van der Waals surface area contributed by atoms with Gasteiger partial charge in [0, 0.05) is 29.7 Å². The maximum Gasteiger partial charge on any atom is 0.234 e. The molecular weight excluding hydrogens is 312 g/mol. The number of hydrogen-bond donors (Lipinski definition) is 5. The predicted octanol–water partition coefficient (Wildman–Crippen LogP) is 1.90. The smallest absolute Gasteiger partial charge is 0.234 e. The number of ether oxygens (including phenoxy) is 1. The van der Waals surface area contributed by atoms with Gasteiger partial charge in [0.05, 0.1) is 0 Å².